The molecule has 1 aromatic carbocycles. The van der Waals surface area contributed by atoms with Gasteiger partial charge < -0.3 is 9.84 Å². The van der Waals surface area contributed by atoms with Gasteiger partial charge in [-0.1, -0.05) is 13.8 Å². The van der Waals surface area contributed by atoms with Gasteiger partial charge in [0.2, 0.25) is 0 Å². The number of halogens is 1. The average Bonchev–Trinajstić information content (AvgIpc) is 2.91. The molecule has 6 rings (SSSR count). The number of pyridine rings is 1. The van der Waals surface area contributed by atoms with Gasteiger partial charge in [-0.2, -0.15) is 0 Å². The maximum absolute atomic E-state index is 13.6. The molecule has 0 bridgehead atoms. The van der Waals surface area contributed by atoms with Gasteiger partial charge in [-0.15, -0.1) is 0 Å². The molecule has 1 spiro atoms. The van der Waals surface area contributed by atoms with Crippen LogP contribution in [-0.2, 0) is 13.0 Å². The van der Waals surface area contributed by atoms with Crippen molar-refractivity contribution in [1.29, 1.82) is 0 Å². The van der Waals surface area contributed by atoms with Crippen LogP contribution in [0.1, 0.15) is 48.3 Å². The number of nitrogens with zero attached hydrogens (tertiary/aromatic N) is 5. The fourth-order valence-corrected chi connectivity index (χ4v) is 6.60. The Hall–Kier alpha value is -2.87. The summed E-state index contributed by atoms with van der Waals surface area (Å²) in [7, 11) is 0. The predicted octanol–water partition coefficient (Wildman–Crippen LogP) is 4.06. The van der Waals surface area contributed by atoms with Crippen LogP contribution >= 0.6 is 0 Å². The van der Waals surface area contributed by atoms with Crippen LogP contribution in [0.15, 0.2) is 43.0 Å². The molecule has 1 saturated heterocycles. The second-order valence-corrected chi connectivity index (χ2v) is 11.2. The van der Waals surface area contributed by atoms with Crippen molar-refractivity contribution in [2.75, 3.05) is 28.6 Å². The van der Waals surface area contributed by atoms with Gasteiger partial charge in [0.15, 0.2) is 5.75 Å². The van der Waals surface area contributed by atoms with Gasteiger partial charge in [0.05, 0.1) is 6.20 Å². The number of rotatable bonds is 7. The van der Waals surface area contributed by atoms with E-state index in [9.17, 15) is 14.3 Å². The molecule has 3 aromatic rings. The fourth-order valence-electron chi connectivity index (χ4n) is 5.55. The van der Waals surface area contributed by atoms with Crippen molar-refractivity contribution in [3.8, 4) is 17.2 Å². The van der Waals surface area contributed by atoms with E-state index in [4.69, 9.17) is 9.47 Å². The number of hydrogen-bond donors (Lipinski definition) is 1. The normalized spacial score (nSPS) is 17.8. The van der Waals surface area contributed by atoms with Crippen molar-refractivity contribution in [2.24, 2.45) is 5.41 Å². The summed E-state index contributed by atoms with van der Waals surface area (Å²) in [5.41, 5.74) is 2.32. The second kappa shape index (κ2) is 11.7. The van der Waals surface area contributed by atoms with E-state index in [0.717, 1.165) is 92.8 Å². The van der Waals surface area contributed by atoms with Crippen LogP contribution in [0.2, 0.25) is 0 Å². The Kier molecular flexibility index (Phi) is 8.31. The van der Waals surface area contributed by atoms with Gasteiger partial charge in [-0.3, -0.25) is 0 Å². The molecule has 39 heavy (non-hydrogen) atoms. The van der Waals surface area contributed by atoms with Crippen molar-refractivity contribution >= 4 is 37.6 Å². The Bertz CT molecular complexity index is 1350. The number of aromatic nitrogens is 3. The van der Waals surface area contributed by atoms with Crippen molar-refractivity contribution in [3.05, 3.63) is 65.6 Å². The van der Waals surface area contributed by atoms with E-state index >= 15 is 0 Å². The molecule has 2 aliphatic heterocycles. The van der Waals surface area contributed by atoms with Crippen LogP contribution in [-0.4, -0.2) is 86.5 Å². The molecule has 2 aromatic heterocycles. The van der Waals surface area contributed by atoms with Crippen LogP contribution in [0, 0.1) is 11.2 Å². The van der Waals surface area contributed by atoms with Gasteiger partial charge in [-0.25, -0.2) is 19.2 Å². The number of carbonyl (C=O) groups is 1. The van der Waals surface area contributed by atoms with E-state index in [1.165, 1.54) is 30.2 Å². The zero-order valence-electron chi connectivity index (χ0n) is 22.1. The molecule has 0 unspecified atom stereocenters. The van der Waals surface area contributed by atoms with Crippen molar-refractivity contribution < 1.29 is 23.8 Å². The van der Waals surface area contributed by atoms with Gasteiger partial charge >= 0.3 is 147 Å². The minimum atomic E-state index is -1.27. The van der Waals surface area contributed by atoms with Crippen LogP contribution in [0.5, 0.6) is 17.2 Å². The minimum absolute atomic E-state index is 0.0435. The Morgan fingerprint density at radius 3 is 2.72 bits per heavy atom. The monoisotopic (exact) mass is 728 g/mol. The summed E-state index contributed by atoms with van der Waals surface area (Å²) in [5.74, 6) is 0.0406. The maximum atomic E-state index is 13.6. The molecule has 1 saturated carbocycles. The van der Waals surface area contributed by atoms with Crippen molar-refractivity contribution in [3.63, 3.8) is 0 Å². The first kappa shape index (κ1) is 27.7. The number of hydrogen-bond acceptors (Lipinski definition) is 8. The second-order valence-electron chi connectivity index (χ2n) is 9.96. The molecule has 0 amide bonds. The number of ether oxygens (including phenoxy) is 2. The topological polar surface area (TPSA) is 101 Å². The zero-order valence-corrected chi connectivity index (χ0v) is 25.9. The quantitative estimate of drug-likeness (QED) is 0.362. The third kappa shape index (κ3) is 5.72. The number of aromatic carboxylic acids is 1. The molecule has 2 fully saturated rings. The van der Waals surface area contributed by atoms with Crippen LogP contribution in [0.3, 0.4) is 0 Å². The standard InChI is InChI=1S/C26H25FN5O4.C2H6.Pb/c1-31-7-5-20-19(12-31)22(4-6-29-20)35-17-9-26(10-17)13-32(14-26)24-23(11-28-15-30-24)36-21-3-2-16(27)8-18(21)25(33)34;1-2;/h2-4,6,8,11,15,17H,1,5,7,9-10,12-14H2,(H,33,34);1-2H3;. The molecule has 3 radical (unpaired) electrons. The first-order chi connectivity index (χ1) is 18.9. The van der Waals surface area contributed by atoms with Crippen LogP contribution in [0.25, 0.3) is 0 Å². The summed E-state index contributed by atoms with van der Waals surface area (Å²) in [4.78, 5) is 29.1. The van der Waals surface area contributed by atoms with E-state index in [1.54, 1.807) is 0 Å². The SMILES string of the molecule is CC.O=C(O)c1cc(F)ccc1Oc1cncnc1N1CC2(CC(Oc3ccnc4c3CN([CH2][Pb])CC4)C2)C1. The van der Waals surface area contributed by atoms with Gasteiger partial charge in [0.1, 0.15) is 23.5 Å². The number of carboxylic acid groups (broad SMARTS) is 1. The van der Waals surface area contributed by atoms with Gasteiger partial charge in [0, 0.05) is 0 Å². The molecule has 3 aliphatic rings. The van der Waals surface area contributed by atoms with E-state index in [2.05, 4.69) is 24.8 Å². The van der Waals surface area contributed by atoms with Gasteiger partial charge in [-0.05, 0) is 18.2 Å². The Balaban J connectivity index is 0.00000151. The number of benzene rings is 1. The third-order valence-corrected chi connectivity index (χ3v) is 9.13. The zero-order chi connectivity index (χ0) is 27.6. The molecule has 1 aliphatic carbocycles. The molecule has 11 heteroatoms. The van der Waals surface area contributed by atoms with Crippen molar-refractivity contribution in [2.45, 2.75) is 45.8 Å². The summed E-state index contributed by atoms with van der Waals surface area (Å²) < 4.78 is 27.0. The third-order valence-electron chi connectivity index (χ3n) is 7.39. The number of carboxylic acids is 1. The summed E-state index contributed by atoms with van der Waals surface area (Å²) in [6.07, 6.45) is 7.89. The first-order valence-corrected chi connectivity index (χ1v) is 15.9. The van der Waals surface area contributed by atoms with E-state index in [0.29, 0.717) is 11.6 Å². The Morgan fingerprint density at radius 2 is 1.97 bits per heavy atom. The summed E-state index contributed by atoms with van der Waals surface area (Å²) in [6, 6.07) is 5.41. The first-order valence-electron chi connectivity index (χ1n) is 13.2. The Morgan fingerprint density at radius 1 is 1.18 bits per heavy atom. The molecular weight excluding hydrogens is 697 g/mol. The van der Waals surface area contributed by atoms with Gasteiger partial charge in [0.25, 0.3) is 0 Å². The van der Waals surface area contributed by atoms with E-state index in [1.807, 2.05) is 26.1 Å². The van der Waals surface area contributed by atoms with Crippen LogP contribution in [0.4, 0.5) is 10.2 Å². The predicted molar refractivity (Wildman–Crippen MR) is 144 cm³/mol. The molecule has 4 heterocycles. The summed E-state index contributed by atoms with van der Waals surface area (Å²) in [5, 5.41) is 9.43. The molecule has 1 N–H and O–H groups in total. The Labute approximate surface area is 243 Å². The molecular formula is C28H31FN5O4Pb. The molecule has 0 atom stereocenters. The number of anilines is 1. The average molecular weight is 728 g/mol. The van der Waals surface area contributed by atoms with E-state index < -0.39 is 11.8 Å². The molecule has 9 nitrogen and oxygen atoms in total. The number of fused-ring (bicyclic) bond motifs is 1. The van der Waals surface area contributed by atoms with Crippen LogP contribution < -0.4 is 14.4 Å². The van der Waals surface area contributed by atoms with E-state index in [-0.39, 0.29) is 22.8 Å². The van der Waals surface area contributed by atoms with Crippen molar-refractivity contribution in [1.82, 2.24) is 19.9 Å². The summed E-state index contributed by atoms with van der Waals surface area (Å²) in [6.45, 7) is 7.60. The summed E-state index contributed by atoms with van der Waals surface area (Å²) >= 11 is 1.16. The fraction of sp³-hybridized carbons (Fsp3) is 0.429. The molecule has 203 valence electrons.